The van der Waals surface area contributed by atoms with Crippen molar-refractivity contribution in [2.24, 2.45) is 5.73 Å². The van der Waals surface area contributed by atoms with E-state index in [2.05, 4.69) is 35.1 Å². The molecule has 0 spiro atoms. The van der Waals surface area contributed by atoms with Gasteiger partial charge in [0.05, 0.1) is 17.4 Å². The normalized spacial score (nSPS) is 11.8. The molecule has 1 aromatic carbocycles. The third kappa shape index (κ3) is 3.21. The van der Waals surface area contributed by atoms with Crippen LogP contribution < -0.4 is 16.4 Å². The number of nitrogens with two attached hydrogens (primary N) is 1. The van der Waals surface area contributed by atoms with Crippen LogP contribution in [0.25, 0.3) is 0 Å². The number of thiophene rings is 1. The summed E-state index contributed by atoms with van der Waals surface area (Å²) in [5, 5.41) is 8.77. The van der Waals surface area contributed by atoms with Crippen molar-refractivity contribution >= 4 is 40.0 Å². The molecule has 0 saturated carbocycles. The summed E-state index contributed by atoms with van der Waals surface area (Å²) in [6.07, 6.45) is 0. The smallest absolute Gasteiger partial charge is 0.168 e. The Bertz CT molecular complexity index is 523. The number of para-hydroxylation sites is 2. The zero-order chi connectivity index (χ0) is 13.0. The maximum absolute atomic E-state index is 5.51. The second-order valence-electron chi connectivity index (χ2n) is 3.92. The highest BCUT2D eigenvalue weighted by molar-refractivity contribution is 7.80. The lowest BCUT2D eigenvalue weighted by Gasteiger charge is -2.17. The molecule has 18 heavy (non-hydrogen) atoms. The minimum absolute atomic E-state index is 0.249. The van der Waals surface area contributed by atoms with Crippen LogP contribution in [0.3, 0.4) is 0 Å². The molecule has 3 nitrogen and oxygen atoms in total. The molecule has 0 radical (unpaired) electrons. The van der Waals surface area contributed by atoms with Gasteiger partial charge in [-0.15, -0.1) is 11.3 Å². The van der Waals surface area contributed by atoms with Gasteiger partial charge < -0.3 is 16.4 Å². The van der Waals surface area contributed by atoms with E-state index < -0.39 is 0 Å². The lowest BCUT2D eigenvalue weighted by molar-refractivity contribution is 0.909. The number of hydrogen-bond acceptors (Lipinski definition) is 3. The summed E-state index contributed by atoms with van der Waals surface area (Å²) in [6, 6.07) is 12.3. The Morgan fingerprint density at radius 2 is 1.94 bits per heavy atom. The van der Waals surface area contributed by atoms with Crippen molar-refractivity contribution in [2.75, 3.05) is 10.6 Å². The molecule has 0 amide bonds. The molecule has 0 bridgehead atoms. The van der Waals surface area contributed by atoms with Gasteiger partial charge in [-0.05, 0) is 42.7 Å². The summed E-state index contributed by atoms with van der Waals surface area (Å²) in [5.74, 6) is 0. The lowest BCUT2D eigenvalue weighted by atomic mass is 10.2. The van der Waals surface area contributed by atoms with Crippen LogP contribution in [0.1, 0.15) is 17.8 Å². The van der Waals surface area contributed by atoms with Crippen molar-refractivity contribution in [1.82, 2.24) is 0 Å². The molecule has 2 aromatic rings. The largest absolute Gasteiger partial charge is 0.376 e. The summed E-state index contributed by atoms with van der Waals surface area (Å²) >= 11 is 6.61. The van der Waals surface area contributed by atoms with Crippen molar-refractivity contribution in [2.45, 2.75) is 13.0 Å². The van der Waals surface area contributed by atoms with E-state index in [0.717, 1.165) is 11.4 Å². The van der Waals surface area contributed by atoms with Crippen LogP contribution in [0.15, 0.2) is 41.8 Å². The molecule has 5 heteroatoms. The van der Waals surface area contributed by atoms with Gasteiger partial charge in [-0.3, -0.25) is 0 Å². The Morgan fingerprint density at radius 3 is 2.56 bits per heavy atom. The molecule has 0 aliphatic rings. The number of thiocarbonyl (C=S) groups is 1. The Morgan fingerprint density at radius 1 is 1.22 bits per heavy atom. The average molecular weight is 277 g/mol. The van der Waals surface area contributed by atoms with Gasteiger partial charge in [0.2, 0.25) is 0 Å². The highest BCUT2D eigenvalue weighted by Gasteiger charge is 2.08. The van der Waals surface area contributed by atoms with Crippen LogP contribution >= 0.6 is 23.6 Å². The maximum atomic E-state index is 5.51. The Labute approximate surface area is 116 Å². The van der Waals surface area contributed by atoms with E-state index in [1.807, 2.05) is 24.3 Å². The predicted octanol–water partition coefficient (Wildman–Crippen LogP) is 3.58. The van der Waals surface area contributed by atoms with E-state index in [1.165, 1.54) is 4.88 Å². The molecule has 1 unspecified atom stereocenters. The van der Waals surface area contributed by atoms with Crippen LogP contribution in [-0.4, -0.2) is 5.11 Å². The third-order valence-electron chi connectivity index (χ3n) is 2.53. The van der Waals surface area contributed by atoms with Crippen LogP contribution in [0.4, 0.5) is 11.4 Å². The second kappa shape index (κ2) is 5.84. The number of nitrogens with one attached hydrogen (secondary N) is 2. The van der Waals surface area contributed by atoms with Crippen LogP contribution in [0.5, 0.6) is 0 Å². The summed E-state index contributed by atoms with van der Waals surface area (Å²) in [4.78, 5) is 1.29. The molecule has 1 atom stereocenters. The summed E-state index contributed by atoms with van der Waals surface area (Å²) in [7, 11) is 0. The molecular formula is C13H15N3S2. The van der Waals surface area contributed by atoms with Gasteiger partial charge in [0, 0.05) is 4.88 Å². The summed E-state index contributed by atoms with van der Waals surface area (Å²) in [6.45, 7) is 2.13. The van der Waals surface area contributed by atoms with E-state index in [4.69, 9.17) is 18.0 Å². The van der Waals surface area contributed by atoms with E-state index in [1.54, 1.807) is 11.3 Å². The Balaban J connectivity index is 2.16. The molecule has 4 N–H and O–H groups in total. The second-order valence-corrected chi connectivity index (χ2v) is 5.34. The highest BCUT2D eigenvalue weighted by atomic mass is 32.1. The fraction of sp³-hybridized carbons (Fsp3) is 0.154. The SMILES string of the molecule is CC(Nc1ccccc1NC(N)=S)c1cccs1. The zero-order valence-corrected chi connectivity index (χ0v) is 11.6. The summed E-state index contributed by atoms with van der Waals surface area (Å²) < 4.78 is 0. The van der Waals surface area contributed by atoms with Gasteiger partial charge in [0.15, 0.2) is 5.11 Å². The molecular weight excluding hydrogens is 262 g/mol. The van der Waals surface area contributed by atoms with Crippen LogP contribution in [0, 0.1) is 0 Å². The van der Waals surface area contributed by atoms with Gasteiger partial charge in [-0.1, -0.05) is 18.2 Å². The summed E-state index contributed by atoms with van der Waals surface area (Å²) in [5.41, 5.74) is 7.40. The van der Waals surface area contributed by atoms with Gasteiger partial charge in [0.25, 0.3) is 0 Å². The van der Waals surface area contributed by atoms with E-state index in [0.29, 0.717) is 0 Å². The van der Waals surface area contributed by atoms with E-state index >= 15 is 0 Å². The minimum atomic E-state index is 0.249. The first kappa shape index (κ1) is 12.9. The topological polar surface area (TPSA) is 50.1 Å². The highest BCUT2D eigenvalue weighted by Crippen LogP contribution is 2.27. The monoisotopic (exact) mass is 277 g/mol. The van der Waals surface area contributed by atoms with Crippen LogP contribution in [-0.2, 0) is 0 Å². The maximum Gasteiger partial charge on any atom is 0.168 e. The van der Waals surface area contributed by atoms with Crippen molar-refractivity contribution < 1.29 is 0 Å². The fourth-order valence-corrected chi connectivity index (χ4v) is 2.54. The average Bonchev–Trinajstić information content (AvgIpc) is 2.84. The van der Waals surface area contributed by atoms with Crippen LogP contribution in [0.2, 0.25) is 0 Å². The molecule has 94 valence electrons. The molecule has 1 heterocycles. The number of benzene rings is 1. The zero-order valence-electron chi connectivity index (χ0n) is 10.0. The third-order valence-corrected chi connectivity index (χ3v) is 3.68. The van der Waals surface area contributed by atoms with Gasteiger partial charge in [-0.2, -0.15) is 0 Å². The minimum Gasteiger partial charge on any atom is -0.376 e. The number of rotatable bonds is 4. The Hall–Kier alpha value is -1.59. The molecule has 0 aliphatic carbocycles. The molecule has 0 fully saturated rings. The van der Waals surface area contributed by atoms with E-state index in [9.17, 15) is 0 Å². The first-order valence-corrected chi connectivity index (χ1v) is 6.91. The van der Waals surface area contributed by atoms with Crippen molar-refractivity contribution in [1.29, 1.82) is 0 Å². The van der Waals surface area contributed by atoms with Crippen molar-refractivity contribution in [3.05, 3.63) is 46.7 Å². The quantitative estimate of drug-likeness (QED) is 0.748. The van der Waals surface area contributed by atoms with Crippen molar-refractivity contribution in [3.8, 4) is 0 Å². The predicted molar refractivity (Wildman–Crippen MR) is 83.2 cm³/mol. The van der Waals surface area contributed by atoms with Gasteiger partial charge in [0.1, 0.15) is 0 Å². The Kier molecular flexibility index (Phi) is 4.17. The fourth-order valence-electron chi connectivity index (χ4n) is 1.69. The molecule has 1 aromatic heterocycles. The number of hydrogen-bond donors (Lipinski definition) is 3. The van der Waals surface area contributed by atoms with Crippen molar-refractivity contribution in [3.63, 3.8) is 0 Å². The van der Waals surface area contributed by atoms with E-state index in [-0.39, 0.29) is 11.2 Å². The molecule has 2 rings (SSSR count). The lowest BCUT2D eigenvalue weighted by Crippen LogP contribution is -2.20. The first-order chi connectivity index (χ1) is 8.66. The first-order valence-electron chi connectivity index (χ1n) is 5.62. The molecule has 0 saturated heterocycles. The standard InChI is InChI=1S/C13H15N3S2/c1-9(12-7-4-8-18-12)15-10-5-2-3-6-11(10)16-13(14)17/h2-9,15H,1H3,(H3,14,16,17). The number of anilines is 2. The van der Waals surface area contributed by atoms with Gasteiger partial charge in [-0.25, -0.2) is 0 Å². The van der Waals surface area contributed by atoms with Gasteiger partial charge >= 0.3 is 0 Å². The molecule has 0 aliphatic heterocycles.